The second-order valence-corrected chi connectivity index (χ2v) is 6.13. The minimum absolute atomic E-state index is 0.491. The van der Waals surface area contributed by atoms with E-state index < -0.39 is 0 Å². The lowest BCUT2D eigenvalue weighted by Crippen LogP contribution is -2.21. The first-order valence-electron chi connectivity index (χ1n) is 6.75. The Labute approximate surface area is 130 Å². The third-order valence-corrected chi connectivity index (χ3v) is 3.97. The summed E-state index contributed by atoms with van der Waals surface area (Å²) in [6, 6.07) is 12.8. The number of aryl methyl sites for hydroxylation is 1. The maximum Gasteiger partial charge on any atom is 0.0598 e. The Kier molecular flexibility index (Phi) is 5.09. The fourth-order valence-electron chi connectivity index (χ4n) is 2.15. The predicted octanol–water partition coefficient (Wildman–Crippen LogP) is 5.47. The summed E-state index contributed by atoms with van der Waals surface area (Å²) < 4.78 is 0. The van der Waals surface area contributed by atoms with E-state index in [-0.39, 0.29) is 0 Å². The molecular weight excluding hydrogens is 289 g/mol. The third kappa shape index (κ3) is 3.76. The zero-order valence-electron chi connectivity index (χ0n) is 12.0. The predicted molar refractivity (Wildman–Crippen MR) is 88.6 cm³/mol. The molecule has 0 aliphatic carbocycles. The molecule has 0 amide bonds. The fourth-order valence-corrected chi connectivity index (χ4v) is 2.44. The van der Waals surface area contributed by atoms with Gasteiger partial charge in [0.1, 0.15) is 0 Å². The van der Waals surface area contributed by atoms with Crippen LogP contribution in [0.3, 0.4) is 0 Å². The van der Waals surface area contributed by atoms with E-state index in [0.29, 0.717) is 16.1 Å². The van der Waals surface area contributed by atoms with Crippen molar-refractivity contribution in [3.8, 4) is 11.1 Å². The van der Waals surface area contributed by atoms with E-state index in [1.807, 2.05) is 18.2 Å². The quantitative estimate of drug-likeness (QED) is 0.790. The molecule has 0 aliphatic rings. The fraction of sp³-hybridized carbons (Fsp3) is 0.294. The van der Waals surface area contributed by atoms with Gasteiger partial charge in [-0.25, -0.2) is 0 Å². The standard InChI is InChI=1S/C17H19Cl2N/c1-11(2)20-10-13-4-6-15(12(3)8-13)14-5-7-16(18)17(19)9-14/h4-9,11,20H,10H2,1-3H3. The van der Waals surface area contributed by atoms with Gasteiger partial charge in [-0.1, -0.05) is 61.3 Å². The summed E-state index contributed by atoms with van der Waals surface area (Å²) in [7, 11) is 0. The Morgan fingerprint density at radius 2 is 1.75 bits per heavy atom. The van der Waals surface area contributed by atoms with Crippen LogP contribution in [-0.2, 0) is 6.54 Å². The number of benzene rings is 2. The molecule has 0 heterocycles. The second kappa shape index (κ2) is 6.62. The molecule has 0 aromatic heterocycles. The van der Waals surface area contributed by atoms with Gasteiger partial charge in [0.15, 0.2) is 0 Å². The first-order valence-corrected chi connectivity index (χ1v) is 7.51. The van der Waals surface area contributed by atoms with Crippen LogP contribution >= 0.6 is 23.2 Å². The molecule has 1 N–H and O–H groups in total. The molecule has 1 nitrogen and oxygen atoms in total. The molecule has 0 fully saturated rings. The largest absolute Gasteiger partial charge is 0.310 e. The van der Waals surface area contributed by atoms with E-state index in [9.17, 15) is 0 Å². The van der Waals surface area contributed by atoms with Crippen molar-refractivity contribution in [1.82, 2.24) is 5.32 Å². The van der Waals surface area contributed by atoms with Gasteiger partial charge in [-0.2, -0.15) is 0 Å². The van der Waals surface area contributed by atoms with Gasteiger partial charge < -0.3 is 5.32 Å². The molecule has 106 valence electrons. The van der Waals surface area contributed by atoms with Gasteiger partial charge in [-0.3, -0.25) is 0 Å². The zero-order valence-corrected chi connectivity index (χ0v) is 13.5. The molecule has 0 unspecified atom stereocenters. The Hall–Kier alpha value is -1.02. The maximum absolute atomic E-state index is 6.09. The van der Waals surface area contributed by atoms with Crippen LogP contribution in [0.1, 0.15) is 25.0 Å². The zero-order chi connectivity index (χ0) is 14.7. The Balaban J connectivity index is 2.27. The summed E-state index contributed by atoms with van der Waals surface area (Å²) >= 11 is 12.1. The lowest BCUT2D eigenvalue weighted by atomic mass is 9.98. The number of rotatable bonds is 4. The molecule has 0 bridgehead atoms. The van der Waals surface area contributed by atoms with Gasteiger partial charge in [0.05, 0.1) is 10.0 Å². The van der Waals surface area contributed by atoms with Crippen LogP contribution in [0.5, 0.6) is 0 Å². The topological polar surface area (TPSA) is 12.0 Å². The molecule has 0 saturated heterocycles. The molecule has 2 aromatic rings. The van der Waals surface area contributed by atoms with Crippen molar-refractivity contribution in [1.29, 1.82) is 0 Å². The van der Waals surface area contributed by atoms with Crippen molar-refractivity contribution in [3.05, 3.63) is 57.6 Å². The van der Waals surface area contributed by atoms with E-state index >= 15 is 0 Å². The monoisotopic (exact) mass is 307 g/mol. The van der Waals surface area contributed by atoms with Crippen LogP contribution in [0.2, 0.25) is 10.0 Å². The van der Waals surface area contributed by atoms with E-state index in [0.717, 1.165) is 12.1 Å². The summed E-state index contributed by atoms with van der Waals surface area (Å²) in [6.07, 6.45) is 0. The van der Waals surface area contributed by atoms with Crippen LogP contribution < -0.4 is 5.32 Å². The number of hydrogen-bond acceptors (Lipinski definition) is 1. The van der Waals surface area contributed by atoms with Crippen molar-refractivity contribution in [2.24, 2.45) is 0 Å². The van der Waals surface area contributed by atoms with Crippen molar-refractivity contribution in [3.63, 3.8) is 0 Å². The van der Waals surface area contributed by atoms with E-state index in [2.05, 4.69) is 44.3 Å². The van der Waals surface area contributed by atoms with Gasteiger partial charge in [0, 0.05) is 12.6 Å². The van der Waals surface area contributed by atoms with E-state index in [4.69, 9.17) is 23.2 Å². The summed E-state index contributed by atoms with van der Waals surface area (Å²) in [6.45, 7) is 7.31. The Morgan fingerprint density at radius 1 is 1.00 bits per heavy atom. The van der Waals surface area contributed by atoms with Crippen LogP contribution in [-0.4, -0.2) is 6.04 Å². The highest BCUT2D eigenvalue weighted by Gasteiger charge is 2.06. The van der Waals surface area contributed by atoms with Gasteiger partial charge in [-0.05, 0) is 41.3 Å². The van der Waals surface area contributed by atoms with Crippen LogP contribution in [0.25, 0.3) is 11.1 Å². The number of nitrogens with one attached hydrogen (secondary N) is 1. The molecule has 0 atom stereocenters. The Bertz CT molecular complexity index is 606. The highest BCUT2D eigenvalue weighted by atomic mass is 35.5. The number of hydrogen-bond donors (Lipinski definition) is 1. The minimum atomic E-state index is 0.491. The maximum atomic E-state index is 6.09. The lowest BCUT2D eigenvalue weighted by Gasteiger charge is -2.12. The van der Waals surface area contributed by atoms with Gasteiger partial charge >= 0.3 is 0 Å². The van der Waals surface area contributed by atoms with Crippen LogP contribution in [0.4, 0.5) is 0 Å². The van der Waals surface area contributed by atoms with Gasteiger partial charge in [0.2, 0.25) is 0 Å². The summed E-state index contributed by atoms with van der Waals surface area (Å²) in [5.41, 5.74) is 4.82. The summed E-state index contributed by atoms with van der Waals surface area (Å²) in [5.74, 6) is 0. The summed E-state index contributed by atoms with van der Waals surface area (Å²) in [5, 5.41) is 4.61. The van der Waals surface area contributed by atoms with E-state index in [1.54, 1.807) is 0 Å². The third-order valence-electron chi connectivity index (χ3n) is 3.24. The molecule has 2 aromatic carbocycles. The summed E-state index contributed by atoms with van der Waals surface area (Å²) in [4.78, 5) is 0. The first kappa shape index (κ1) is 15.4. The highest BCUT2D eigenvalue weighted by molar-refractivity contribution is 6.42. The normalized spacial score (nSPS) is 11.1. The van der Waals surface area contributed by atoms with Crippen LogP contribution in [0, 0.1) is 6.92 Å². The molecule has 0 aliphatic heterocycles. The van der Waals surface area contributed by atoms with Gasteiger partial charge in [0.25, 0.3) is 0 Å². The first-order chi connectivity index (χ1) is 9.47. The van der Waals surface area contributed by atoms with Crippen molar-refractivity contribution >= 4 is 23.2 Å². The van der Waals surface area contributed by atoms with Crippen molar-refractivity contribution in [2.75, 3.05) is 0 Å². The molecule has 0 radical (unpaired) electrons. The molecule has 20 heavy (non-hydrogen) atoms. The van der Waals surface area contributed by atoms with Crippen molar-refractivity contribution < 1.29 is 0 Å². The van der Waals surface area contributed by atoms with Crippen molar-refractivity contribution in [2.45, 2.75) is 33.4 Å². The second-order valence-electron chi connectivity index (χ2n) is 5.31. The minimum Gasteiger partial charge on any atom is -0.310 e. The average molecular weight is 308 g/mol. The lowest BCUT2D eigenvalue weighted by molar-refractivity contribution is 0.589. The van der Waals surface area contributed by atoms with Gasteiger partial charge in [-0.15, -0.1) is 0 Å². The molecule has 2 rings (SSSR count). The molecule has 0 spiro atoms. The SMILES string of the molecule is Cc1cc(CNC(C)C)ccc1-c1ccc(Cl)c(Cl)c1. The molecular formula is C17H19Cl2N. The Morgan fingerprint density at radius 3 is 2.35 bits per heavy atom. The van der Waals surface area contributed by atoms with Crippen LogP contribution in [0.15, 0.2) is 36.4 Å². The highest BCUT2D eigenvalue weighted by Crippen LogP contribution is 2.30. The number of halogens is 2. The molecule has 0 saturated carbocycles. The smallest absolute Gasteiger partial charge is 0.0598 e. The van der Waals surface area contributed by atoms with E-state index in [1.165, 1.54) is 16.7 Å². The average Bonchev–Trinajstić information content (AvgIpc) is 2.40. The molecule has 3 heteroatoms.